The van der Waals surface area contributed by atoms with E-state index in [2.05, 4.69) is 46.6 Å². The predicted octanol–water partition coefficient (Wildman–Crippen LogP) is 2.07. The van der Waals surface area contributed by atoms with Gasteiger partial charge in [-0.05, 0) is 31.0 Å². The number of likely N-dealkylation sites (N-methyl/N-ethyl adjacent to an activating group) is 1. The molecule has 2 N–H and O–H groups in total. The predicted molar refractivity (Wildman–Crippen MR) is 79.2 cm³/mol. The Hall–Kier alpha value is -1.23. The van der Waals surface area contributed by atoms with E-state index >= 15 is 0 Å². The summed E-state index contributed by atoms with van der Waals surface area (Å²) in [4.78, 5) is 6.76. The molecule has 4 heteroatoms. The van der Waals surface area contributed by atoms with Crippen LogP contribution in [0.1, 0.15) is 16.8 Å². The average molecular weight is 273 g/mol. The van der Waals surface area contributed by atoms with Gasteiger partial charge in [0.15, 0.2) is 0 Å². The number of nitrogens with two attached hydrogens (primary N) is 1. The molecule has 19 heavy (non-hydrogen) atoms. The van der Waals surface area contributed by atoms with Gasteiger partial charge in [0, 0.05) is 24.0 Å². The standard InChI is InChI=1S/C15H19N3S/c1-18(8-14-9-19-11-17-14)15(10-16)6-12-4-2-3-5-13(12)7-15/h2-5,9,11H,6-8,10,16H2,1H3. The lowest BCUT2D eigenvalue weighted by Crippen LogP contribution is -2.52. The fraction of sp³-hybridized carbons (Fsp3) is 0.400. The molecule has 100 valence electrons. The minimum atomic E-state index is 0.0489. The normalized spacial score (nSPS) is 16.8. The Bertz CT molecular complexity index is 525. The highest BCUT2D eigenvalue weighted by Gasteiger charge is 2.39. The van der Waals surface area contributed by atoms with Gasteiger partial charge in [-0.1, -0.05) is 24.3 Å². The summed E-state index contributed by atoms with van der Waals surface area (Å²) >= 11 is 1.65. The first kappa shape index (κ1) is 12.8. The summed E-state index contributed by atoms with van der Waals surface area (Å²) < 4.78 is 0. The summed E-state index contributed by atoms with van der Waals surface area (Å²) in [6.07, 6.45) is 2.08. The van der Waals surface area contributed by atoms with Crippen molar-refractivity contribution in [3.63, 3.8) is 0 Å². The molecule has 0 atom stereocenters. The van der Waals surface area contributed by atoms with Crippen molar-refractivity contribution in [2.45, 2.75) is 24.9 Å². The number of fused-ring (bicyclic) bond motifs is 1. The van der Waals surface area contributed by atoms with E-state index in [4.69, 9.17) is 5.73 Å². The van der Waals surface area contributed by atoms with Crippen LogP contribution in [0.4, 0.5) is 0 Å². The van der Waals surface area contributed by atoms with Crippen LogP contribution in [0, 0.1) is 0 Å². The third kappa shape index (κ3) is 2.31. The highest BCUT2D eigenvalue weighted by atomic mass is 32.1. The van der Waals surface area contributed by atoms with Crippen LogP contribution in [0.3, 0.4) is 0 Å². The van der Waals surface area contributed by atoms with Gasteiger partial charge >= 0.3 is 0 Å². The smallest absolute Gasteiger partial charge is 0.0795 e. The number of thiazole rings is 1. The largest absolute Gasteiger partial charge is 0.329 e. The molecule has 3 nitrogen and oxygen atoms in total. The van der Waals surface area contributed by atoms with Gasteiger partial charge in [-0.2, -0.15) is 0 Å². The van der Waals surface area contributed by atoms with Gasteiger partial charge in [0.25, 0.3) is 0 Å². The minimum absolute atomic E-state index is 0.0489. The first-order valence-corrected chi connectivity index (χ1v) is 7.53. The van der Waals surface area contributed by atoms with Crippen LogP contribution < -0.4 is 5.73 Å². The molecule has 0 bridgehead atoms. The monoisotopic (exact) mass is 273 g/mol. The second-order valence-corrected chi connectivity index (χ2v) is 6.11. The van der Waals surface area contributed by atoms with Crippen molar-refractivity contribution in [3.8, 4) is 0 Å². The molecular weight excluding hydrogens is 254 g/mol. The third-order valence-electron chi connectivity index (χ3n) is 4.23. The molecule has 3 rings (SSSR count). The Balaban J connectivity index is 1.82. The third-order valence-corrected chi connectivity index (χ3v) is 4.87. The van der Waals surface area contributed by atoms with Gasteiger partial charge in [0.05, 0.1) is 11.2 Å². The number of hydrogen-bond donors (Lipinski definition) is 1. The molecule has 0 aliphatic heterocycles. The Kier molecular flexibility index (Phi) is 3.39. The topological polar surface area (TPSA) is 42.2 Å². The van der Waals surface area contributed by atoms with Crippen molar-refractivity contribution < 1.29 is 0 Å². The second kappa shape index (κ2) is 5.04. The maximum absolute atomic E-state index is 6.12. The zero-order valence-electron chi connectivity index (χ0n) is 11.2. The van der Waals surface area contributed by atoms with Gasteiger partial charge in [-0.3, -0.25) is 4.90 Å². The highest BCUT2D eigenvalue weighted by Crippen LogP contribution is 2.34. The molecular formula is C15H19N3S. The Morgan fingerprint density at radius 1 is 1.32 bits per heavy atom. The SMILES string of the molecule is CN(Cc1cscn1)C1(CN)Cc2ccccc2C1. The Labute approximate surface area is 118 Å². The molecule has 0 amide bonds. The molecule has 0 saturated heterocycles. The molecule has 0 fully saturated rings. The summed E-state index contributed by atoms with van der Waals surface area (Å²) in [5.41, 5.74) is 12.1. The van der Waals surface area contributed by atoms with Crippen molar-refractivity contribution in [1.29, 1.82) is 0 Å². The maximum Gasteiger partial charge on any atom is 0.0795 e. The first-order chi connectivity index (χ1) is 9.23. The Morgan fingerprint density at radius 2 is 2.00 bits per heavy atom. The van der Waals surface area contributed by atoms with Gasteiger partial charge in [-0.25, -0.2) is 4.98 Å². The molecule has 1 aliphatic rings. The lowest BCUT2D eigenvalue weighted by molar-refractivity contribution is 0.126. The van der Waals surface area contributed by atoms with E-state index in [1.165, 1.54) is 11.1 Å². The van der Waals surface area contributed by atoms with Gasteiger partial charge in [0.2, 0.25) is 0 Å². The quantitative estimate of drug-likeness (QED) is 0.927. The van der Waals surface area contributed by atoms with E-state index in [-0.39, 0.29) is 5.54 Å². The van der Waals surface area contributed by atoms with E-state index in [1.807, 2.05) is 5.51 Å². The zero-order valence-corrected chi connectivity index (χ0v) is 12.0. The number of nitrogens with zero attached hydrogens (tertiary/aromatic N) is 2. The summed E-state index contributed by atoms with van der Waals surface area (Å²) in [7, 11) is 2.16. The van der Waals surface area contributed by atoms with Gasteiger partial charge in [0.1, 0.15) is 0 Å². The molecule has 0 radical (unpaired) electrons. The summed E-state index contributed by atoms with van der Waals surface area (Å²) in [6, 6.07) is 8.69. The van der Waals surface area contributed by atoms with Crippen molar-refractivity contribution in [2.24, 2.45) is 5.73 Å². The number of rotatable bonds is 4. The van der Waals surface area contributed by atoms with Crippen LogP contribution in [-0.2, 0) is 19.4 Å². The van der Waals surface area contributed by atoms with Crippen molar-refractivity contribution >= 4 is 11.3 Å². The average Bonchev–Trinajstić information content (AvgIpc) is 3.05. The summed E-state index contributed by atoms with van der Waals surface area (Å²) in [6.45, 7) is 1.55. The molecule has 1 heterocycles. The first-order valence-electron chi connectivity index (χ1n) is 6.59. The van der Waals surface area contributed by atoms with E-state index in [0.29, 0.717) is 6.54 Å². The van der Waals surface area contributed by atoms with E-state index in [1.54, 1.807) is 11.3 Å². The summed E-state index contributed by atoms with van der Waals surface area (Å²) in [5.74, 6) is 0. The van der Waals surface area contributed by atoms with Gasteiger partial charge < -0.3 is 5.73 Å². The van der Waals surface area contributed by atoms with Crippen LogP contribution in [0.15, 0.2) is 35.2 Å². The molecule has 2 aromatic rings. The number of hydrogen-bond acceptors (Lipinski definition) is 4. The van der Waals surface area contributed by atoms with E-state index in [0.717, 1.165) is 25.1 Å². The lowest BCUT2D eigenvalue weighted by atomic mass is 9.93. The second-order valence-electron chi connectivity index (χ2n) is 5.39. The summed E-state index contributed by atoms with van der Waals surface area (Å²) in [5, 5.41) is 2.11. The fourth-order valence-corrected chi connectivity index (χ4v) is 3.52. The minimum Gasteiger partial charge on any atom is -0.329 e. The molecule has 0 spiro atoms. The molecule has 1 aliphatic carbocycles. The van der Waals surface area contributed by atoms with Crippen molar-refractivity contribution in [1.82, 2.24) is 9.88 Å². The molecule has 1 aromatic carbocycles. The molecule has 0 saturated carbocycles. The highest BCUT2D eigenvalue weighted by molar-refractivity contribution is 7.07. The van der Waals surface area contributed by atoms with Crippen molar-refractivity contribution in [3.05, 3.63) is 52.0 Å². The number of aromatic nitrogens is 1. The maximum atomic E-state index is 6.12. The van der Waals surface area contributed by atoms with Gasteiger partial charge in [-0.15, -0.1) is 11.3 Å². The van der Waals surface area contributed by atoms with Crippen LogP contribution in [0.2, 0.25) is 0 Å². The fourth-order valence-electron chi connectivity index (χ4n) is 2.97. The Morgan fingerprint density at radius 3 is 2.53 bits per heavy atom. The van der Waals surface area contributed by atoms with E-state index in [9.17, 15) is 0 Å². The zero-order chi connectivity index (χ0) is 13.3. The lowest BCUT2D eigenvalue weighted by Gasteiger charge is -2.37. The van der Waals surface area contributed by atoms with Crippen LogP contribution >= 0.6 is 11.3 Å². The van der Waals surface area contributed by atoms with E-state index < -0.39 is 0 Å². The van der Waals surface area contributed by atoms with Crippen LogP contribution in [0.25, 0.3) is 0 Å². The van der Waals surface area contributed by atoms with Crippen LogP contribution in [-0.4, -0.2) is 29.0 Å². The molecule has 1 aromatic heterocycles. The molecule has 0 unspecified atom stereocenters. The van der Waals surface area contributed by atoms with Crippen LogP contribution in [0.5, 0.6) is 0 Å². The number of benzene rings is 1. The van der Waals surface area contributed by atoms with Crippen molar-refractivity contribution in [2.75, 3.05) is 13.6 Å².